The molecule has 0 saturated heterocycles. The Kier molecular flexibility index (Phi) is 10.8. The Hall–Kier alpha value is -4.37. The van der Waals surface area contributed by atoms with Crippen LogP contribution in [0.3, 0.4) is 0 Å². The number of hydrogen-bond donors (Lipinski definition) is 2. The fourth-order valence-electron chi connectivity index (χ4n) is 6.02. The summed E-state index contributed by atoms with van der Waals surface area (Å²) in [6, 6.07) is 18.9. The highest BCUT2D eigenvalue weighted by atomic mass is 79.9. The summed E-state index contributed by atoms with van der Waals surface area (Å²) in [6.45, 7) is 0.635. The van der Waals surface area contributed by atoms with Crippen molar-refractivity contribution in [3.63, 3.8) is 0 Å². The van der Waals surface area contributed by atoms with E-state index in [0.29, 0.717) is 35.6 Å². The predicted molar refractivity (Wildman–Crippen MR) is 199 cm³/mol. The number of benzene rings is 2. The van der Waals surface area contributed by atoms with Crippen LogP contribution in [0.2, 0.25) is 0 Å². The lowest BCUT2D eigenvalue weighted by atomic mass is 9.94. The molecule has 11 nitrogen and oxygen atoms in total. The largest absolute Gasteiger partial charge is 0.390 e. The van der Waals surface area contributed by atoms with Crippen LogP contribution in [0.1, 0.15) is 39.2 Å². The third-order valence-electron chi connectivity index (χ3n) is 8.08. The van der Waals surface area contributed by atoms with Crippen LogP contribution >= 0.6 is 31.9 Å². The Morgan fingerprint density at radius 3 is 1.44 bits per heavy atom. The summed E-state index contributed by atoms with van der Waals surface area (Å²) >= 11 is 7.27. The van der Waals surface area contributed by atoms with E-state index in [9.17, 15) is 15.0 Å². The number of rotatable bonds is 12. The molecule has 0 bridgehead atoms. The van der Waals surface area contributed by atoms with Gasteiger partial charge in [-0.15, -0.1) is 0 Å². The van der Waals surface area contributed by atoms with Gasteiger partial charge in [0.25, 0.3) is 0 Å². The standard InChI is InChI=1S/C37H36Br2N8O3/c1-44(2)19-33-42-17-25(21-48)46(33)31-11-9-23(38)15-29(31)27-7-5-13-40-35(27)37(50)36-28(8-6-14-41-36)30-16-24(39)10-12-32(30)47-26(22-49)18-43-34(47)20-45(3)4/h5-18,48-49H,19-22H2,1-4H3. The second-order valence-corrected chi connectivity index (χ2v) is 14.1. The molecule has 4 aromatic heterocycles. The van der Waals surface area contributed by atoms with Crippen LogP contribution in [0.25, 0.3) is 33.6 Å². The van der Waals surface area contributed by atoms with E-state index in [2.05, 4.69) is 51.8 Å². The lowest BCUT2D eigenvalue weighted by molar-refractivity contribution is 0.103. The number of halogens is 2. The molecule has 6 aromatic rings. The molecule has 0 spiro atoms. The van der Waals surface area contributed by atoms with Crippen LogP contribution < -0.4 is 0 Å². The maximum Gasteiger partial charge on any atom is 0.230 e. The lowest BCUT2D eigenvalue weighted by Crippen LogP contribution is -2.17. The quantitative estimate of drug-likeness (QED) is 0.143. The zero-order valence-corrected chi connectivity index (χ0v) is 31.2. The summed E-state index contributed by atoms with van der Waals surface area (Å²) < 4.78 is 5.48. The van der Waals surface area contributed by atoms with E-state index in [-0.39, 0.29) is 30.4 Å². The van der Waals surface area contributed by atoms with Crippen molar-refractivity contribution >= 4 is 37.6 Å². The van der Waals surface area contributed by atoms with E-state index in [0.717, 1.165) is 43.1 Å². The highest BCUT2D eigenvalue weighted by Gasteiger charge is 2.26. The first-order valence-electron chi connectivity index (χ1n) is 15.8. The van der Waals surface area contributed by atoms with Gasteiger partial charge in [0.15, 0.2) is 0 Å². The highest BCUT2D eigenvalue weighted by molar-refractivity contribution is 9.10. The van der Waals surface area contributed by atoms with Gasteiger partial charge in [-0.05, 0) is 76.7 Å². The minimum Gasteiger partial charge on any atom is -0.390 e. The van der Waals surface area contributed by atoms with Crippen LogP contribution in [-0.4, -0.2) is 83.1 Å². The van der Waals surface area contributed by atoms with Crippen LogP contribution in [0.5, 0.6) is 0 Å². The Labute approximate surface area is 307 Å². The van der Waals surface area contributed by atoms with Crippen LogP contribution in [0.4, 0.5) is 0 Å². The molecule has 256 valence electrons. The van der Waals surface area contributed by atoms with E-state index in [1.54, 1.807) is 36.9 Å². The summed E-state index contributed by atoms with van der Waals surface area (Å²) in [6.07, 6.45) is 6.54. The maximum atomic E-state index is 14.8. The maximum absolute atomic E-state index is 14.8. The van der Waals surface area contributed by atoms with Crippen molar-refractivity contribution < 1.29 is 15.0 Å². The second-order valence-electron chi connectivity index (χ2n) is 12.2. The van der Waals surface area contributed by atoms with Gasteiger partial charge in [-0.1, -0.05) is 44.0 Å². The molecule has 0 radical (unpaired) electrons. The van der Waals surface area contributed by atoms with Crippen LogP contribution in [0.15, 0.2) is 94.4 Å². The van der Waals surface area contributed by atoms with Gasteiger partial charge in [0.05, 0.1) is 61.5 Å². The van der Waals surface area contributed by atoms with Crippen molar-refractivity contribution in [2.45, 2.75) is 26.3 Å². The summed E-state index contributed by atoms with van der Waals surface area (Å²) in [7, 11) is 7.83. The van der Waals surface area contributed by atoms with Crippen molar-refractivity contribution in [1.82, 2.24) is 38.9 Å². The number of aromatic nitrogens is 6. The monoisotopic (exact) mass is 798 g/mol. The minimum absolute atomic E-state index is 0.216. The van der Waals surface area contributed by atoms with E-state index in [1.165, 1.54) is 0 Å². The Morgan fingerprint density at radius 2 is 1.06 bits per heavy atom. The van der Waals surface area contributed by atoms with E-state index in [4.69, 9.17) is 0 Å². The Balaban J connectivity index is 1.53. The van der Waals surface area contributed by atoms with Crippen molar-refractivity contribution in [3.8, 4) is 33.6 Å². The van der Waals surface area contributed by atoms with E-state index < -0.39 is 0 Å². The first-order chi connectivity index (χ1) is 24.1. The van der Waals surface area contributed by atoms with Gasteiger partial charge in [0.2, 0.25) is 5.78 Å². The van der Waals surface area contributed by atoms with Gasteiger partial charge in [-0.2, -0.15) is 0 Å². The molecule has 2 N–H and O–H groups in total. The van der Waals surface area contributed by atoms with E-state index in [1.807, 2.05) is 95.7 Å². The zero-order valence-electron chi connectivity index (χ0n) is 28.0. The van der Waals surface area contributed by atoms with Gasteiger partial charge in [-0.3, -0.25) is 23.9 Å². The number of aliphatic hydroxyl groups excluding tert-OH is 2. The molecule has 0 unspecified atom stereocenters. The van der Waals surface area contributed by atoms with Crippen molar-refractivity contribution in [3.05, 3.63) is 129 Å². The molecule has 0 aliphatic carbocycles. The molecule has 0 aliphatic heterocycles. The average molecular weight is 801 g/mol. The molecule has 2 aromatic carbocycles. The molecule has 6 rings (SSSR count). The third kappa shape index (κ3) is 7.11. The third-order valence-corrected chi connectivity index (χ3v) is 9.07. The topological polar surface area (TPSA) is 125 Å². The molecule has 0 atom stereocenters. The molecule has 0 aliphatic rings. The fraction of sp³-hybridized carbons (Fsp3) is 0.216. The average Bonchev–Trinajstić information content (AvgIpc) is 3.70. The summed E-state index contributed by atoms with van der Waals surface area (Å²) in [5, 5.41) is 20.6. The SMILES string of the molecule is CN(C)Cc1ncc(CO)n1-c1ccc(Br)cc1-c1cccnc1C(=O)c1ncccc1-c1cc(Br)ccc1-n1c(CO)cnc1CN(C)C. The Morgan fingerprint density at radius 1 is 0.640 bits per heavy atom. The van der Waals surface area contributed by atoms with E-state index >= 15 is 0 Å². The minimum atomic E-state index is -0.365. The molecule has 50 heavy (non-hydrogen) atoms. The number of pyridine rings is 2. The van der Waals surface area contributed by atoms with Crippen LogP contribution in [-0.2, 0) is 26.3 Å². The number of carbonyl (C=O) groups excluding carboxylic acids is 1. The summed E-state index contributed by atoms with van der Waals surface area (Å²) in [5.41, 5.74) is 5.80. The van der Waals surface area contributed by atoms with Gasteiger partial charge in [-0.25, -0.2) is 9.97 Å². The summed E-state index contributed by atoms with van der Waals surface area (Å²) in [4.78, 5) is 37.3. The lowest BCUT2D eigenvalue weighted by Gasteiger charge is -2.20. The smallest absolute Gasteiger partial charge is 0.230 e. The number of imidazole rings is 2. The van der Waals surface area contributed by atoms with Gasteiger partial charge < -0.3 is 20.0 Å². The van der Waals surface area contributed by atoms with Gasteiger partial charge in [0.1, 0.15) is 23.0 Å². The molecular formula is C37H36Br2N8O3. The van der Waals surface area contributed by atoms with Crippen molar-refractivity contribution in [1.29, 1.82) is 0 Å². The first-order valence-corrected chi connectivity index (χ1v) is 17.4. The first kappa shape index (κ1) is 35.5. The number of ketones is 1. The predicted octanol–water partition coefficient (Wildman–Crippen LogP) is 6.05. The summed E-state index contributed by atoms with van der Waals surface area (Å²) in [5.74, 6) is 1.11. The molecule has 0 fully saturated rings. The highest BCUT2D eigenvalue weighted by Crippen LogP contribution is 2.37. The molecule has 0 saturated carbocycles. The van der Waals surface area contributed by atoms with Crippen molar-refractivity contribution in [2.75, 3.05) is 28.2 Å². The number of nitrogens with zero attached hydrogens (tertiary/aromatic N) is 8. The van der Waals surface area contributed by atoms with Crippen molar-refractivity contribution in [2.24, 2.45) is 0 Å². The number of carbonyl (C=O) groups is 1. The van der Waals surface area contributed by atoms with Gasteiger partial charge >= 0.3 is 0 Å². The molecule has 13 heteroatoms. The normalized spacial score (nSPS) is 11.6. The fourth-order valence-corrected chi connectivity index (χ4v) is 6.74. The van der Waals surface area contributed by atoms with Crippen LogP contribution in [0, 0.1) is 0 Å². The molecule has 4 heterocycles. The molecule has 0 amide bonds. The van der Waals surface area contributed by atoms with Gasteiger partial charge in [0, 0.05) is 43.6 Å². The zero-order chi connectivity index (χ0) is 35.5. The molecular weight excluding hydrogens is 764 g/mol. The second kappa shape index (κ2) is 15.3. The number of hydrogen-bond acceptors (Lipinski definition) is 9. The number of aliphatic hydroxyl groups is 2. The Bertz CT molecular complexity index is 2030.